The topological polar surface area (TPSA) is 46.5 Å². The Balaban J connectivity index is 1.70. The number of aromatic nitrogens is 1. The second-order valence-electron chi connectivity index (χ2n) is 5.30. The van der Waals surface area contributed by atoms with Crippen molar-refractivity contribution in [2.75, 3.05) is 12.0 Å². The summed E-state index contributed by atoms with van der Waals surface area (Å²) in [7, 11) is 0. The molecule has 4 nitrogen and oxygen atoms in total. The Bertz CT molecular complexity index is 857. The van der Waals surface area contributed by atoms with Crippen LogP contribution >= 0.6 is 22.9 Å². The van der Waals surface area contributed by atoms with Gasteiger partial charge < -0.3 is 4.74 Å². The number of hydrogen-bond donors (Lipinski definition) is 1. The highest BCUT2D eigenvalue weighted by Gasteiger charge is 2.09. The van der Waals surface area contributed by atoms with Crippen LogP contribution < -0.4 is 10.2 Å². The van der Waals surface area contributed by atoms with Gasteiger partial charge in [-0.25, -0.2) is 4.98 Å². The van der Waals surface area contributed by atoms with E-state index in [9.17, 15) is 0 Å². The minimum atomic E-state index is 0.661. The lowest BCUT2D eigenvalue weighted by atomic mass is 10.1. The summed E-state index contributed by atoms with van der Waals surface area (Å²) in [5, 5.41) is 5.70. The molecular formula is C19H18ClN3OS. The van der Waals surface area contributed by atoms with Crippen molar-refractivity contribution in [1.82, 2.24) is 4.98 Å². The van der Waals surface area contributed by atoms with Crippen molar-refractivity contribution in [3.05, 3.63) is 64.0 Å². The lowest BCUT2D eigenvalue weighted by Crippen LogP contribution is -1.91. The lowest BCUT2D eigenvalue weighted by molar-refractivity contribution is 0.340. The number of rotatable bonds is 6. The van der Waals surface area contributed by atoms with Crippen LogP contribution in [0.5, 0.6) is 5.75 Å². The molecule has 0 aliphatic rings. The fourth-order valence-electron chi connectivity index (χ4n) is 2.30. The van der Waals surface area contributed by atoms with Crippen molar-refractivity contribution in [2.24, 2.45) is 5.10 Å². The zero-order valence-corrected chi connectivity index (χ0v) is 15.6. The van der Waals surface area contributed by atoms with Gasteiger partial charge in [0.2, 0.25) is 5.13 Å². The van der Waals surface area contributed by atoms with Crippen molar-refractivity contribution in [1.29, 1.82) is 0 Å². The second kappa shape index (κ2) is 8.14. The van der Waals surface area contributed by atoms with Crippen LogP contribution in [0.3, 0.4) is 0 Å². The van der Waals surface area contributed by atoms with Gasteiger partial charge in [0.25, 0.3) is 0 Å². The van der Waals surface area contributed by atoms with Gasteiger partial charge in [-0.1, -0.05) is 23.7 Å². The van der Waals surface area contributed by atoms with Gasteiger partial charge >= 0.3 is 0 Å². The summed E-state index contributed by atoms with van der Waals surface area (Å²) in [5.41, 5.74) is 5.98. The molecule has 25 heavy (non-hydrogen) atoms. The number of halogens is 1. The zero-order chi connectivity index (χ0) is 17.6. The van der Waals surface area contributed by atoms with Crippen molar-refractivity contribution in [3.63, 3.8) is 0 Å². The predicted octanol–water partition coefficient (Wildman–Crippen LogP) is 5.62. The van der Waals surface area contributed by atoms with E-state index in [-0.39, 0.29) is 0 Å². The largest absolute Gasteiger partial charge is 0.494 e. The second-order valence-corrected chi connectivity index (χ2v) is 6.94. The first-order valence-electron chi connectivity index (χ1n) is 7.91. The molecule has 0 amide bonds. The molecule has 0 aliphatic carbocycles. The number of thiazole rings is 1. The van der Waals surface area contributed by atoms with Crippen LogP contribution in [0.4, 0.5) is 5.13 Å². The average molecular weight is 372 g/mol. The first-order valence-corrected chi connectivity index (χ1v) is 9.10. The number of benzene rings is 2. The summed E-state index contributed by atoms with van der Waals surface area (Å²) < 4.78 is 5.48. The summed E-state index contributed by atoms with van der Waals surface area (Å²) in [4.78, 5) is 5.77. The Morgan fingerprint density at radius 2 is 1.88 bits per heavy atom. The van der Waals surface area contributed by atoms with E-state index in [1.54, 1.807) is 17.6 Å². The van der Waals surface area contributed by atoms with Gasteiger partial charge in [-0.15, -0.1) is 11.3 Å². The molecule has 0 aliphatic heterocycles. The quantitative estimate of drug-likeness (QED) is 0.452. The Morgan fingerprint density at radius 3 is 2.56 bits per heavy atom. The molecule has 0 fully saturated rings. The SMILES string of the molecule is CCOc1ccc(-c2nc(N/N=C\c3ccc(Cl)cc3)sc2C)cc1. The summed E-state index contributed by atoms with van der Waals surface area (Å²) in [5.74, 6) is 0.866. The van der Waals surface area contributed by atoms with Crippen molar-refractivity contribution in [3.8, 4) is 17.0 Å². The van der Waals surface area contributed by atoms with Gasteiger partial charge in [0, 0.05) is 15.5 Å². The number of hydrogen-bond acceptors (Lipinski definition) is 5. The minimum absolute atomic E-state index is 0.661. The molecule has 3 aromatic rings. The summed E-state index contributed by atoms with van der Waals surface area (Å²) in [6.07, 6.45) is 1.74. The van der Waals surface area contributed by atoms with E-state index in [2.05, 4.69) is 22.4 Å². The van der Waals surface area contributed by atoms with Crippen molar-refractivity contribution in [2.45, 2.75) is 13.8 Å². The number of anilines is 1. The van der Waals surface area contributed by atoms with E-state index >= 15 is 0 Å². The average Bonchev–Trinajstić information content (AvgIpc) is 2.98. The highest BCUT2D eigenvalue weighted by atomic mass is 35.5. The first kappa shape index (κ1) is 17.5. The molecule has 2 aromatic carbocycles. The molecule has 128 valence electrons. The van der Waals surface area contributed by atoms with Crippen LogP contribution in [0, 0.1) is 6.92 Å². The van der Waals surface area contributed by atoms with Gasteiger partial charge in [0.05, 0.1) is 18.5 Å². The Kier molecular flexibility index (Phi) is 5.68. The third-order valence-corrected chi connectivity index (χ3v) is 4.61. The Labute approximate surface area is 156 Å². The number of aryl methyl sites for hydroxylation is 1. The fourth-order valence-corrected chi connectivity index (χ4v) is 3.21. The minimum Gasteiger partial charge on any atom is -0.494 e. The van der Waals surface area contributed by atoms with E-state index in [0.717, 1.165) is 32.6 Å². The van der Waals surface area contributed by atoms with Crippen LogP contribution in [0.2, 0.25) is 5.02 Å². The van der Waals surface area contributed by atoms with E-state index in [1.807, 2.05) is 55.5 Å². The van der Waals surface area contributed by atoms with Gasteiger partial charge in [0.1, 0.15) is 5.75 Å². The van der Waals surface area contributed by atoms with Gasteiger partial charge in [-0.05, 0) is 55.8 Å². The molecule has 0 saturated heterocycles. The molecule has 0 radical (unpaired) electrons. The van der Waals surface area contributed by atoms with Gasteiger partial charge in [-0.2, -0.15) is 5.10 Å². The normalized spacial score (nSPS) is 11.0. The number of hydrazone groups is 1. The molecule has 3 rings (SSSR count). The zero-order valence-electron chi connectivity index (χ0n) is 14.0. The number of ether oxygens (including phenoxy) is 1. The van der Waals surface area contributed by atoms with Crippen LogP contribution in [0.1, 0.15) is 17.4 Å². The molecule has 0 unspecified atom stereocenters. The lowest BCUT2D eigenvalue weighted by Gasteiger charge is -2.03. The summed E-state index contributed by atoms with van der Waals surface area (Å²) in [6.45, 7) is 4.69. The third kappa shape index (κ3) is 4.59. The van der Waals surface area contributed by atoms with Crippen molar-refractivity contribution >= 4 is 34.3 Å². The Hall–Kier alpha value is -2.37. The van der Waals surface area contributed by atoms with E-state index in [0.29, 0.717) is 11.6 Å². The van der Waals surface area contributed by atoms with Crippen LogP contribution in [-0.2, 0) is 0 Å². The van der Waals surface area contributed by atoms with Crippen LogP contribution in [-0.4, -0.2) is 17.8 Å². The molecule has 1 aromatic heterocycles. The molecule has 0 bridgehead atoms. The highest BCUT2D eigenvalue weighted by molar-refractivity contribution is 7.15. The molecule has 0 saturated carbocycles. The number of nitrogens with one attached hydrogen (secondary N) is 1. The third-order valence-electron chi connectivity index (χ3n) is 3.48. The van der Waals surface area contributed by atoms with Crippen LogP contribution in [0.25, 0.3) is 11.3 Å². The maximum atomic E-state index is 5.87. The maximum absolute atomic E-state index is 5.87. The fraction of sp³-hybridized carbons (Fsp3) is 0.158. The van der Waals surface area contributed by atoms with E-state index in [1.165, 1.54) is 0 Å². The van der Waals surface area contributed by atoms with Gasteiger partial charge in [0.15, 0.2) is 0 Å². The monoisotopic (exact) mass is 371 g/mol. The van der Waals surface area contributed by atoms with Gasteiger partial charge in [-0.3, -0.25) is 5.43 Å². The Morgan fingerprint density at radius 1 is 1.16 bits per heavy atom. The number of nitrogens with zero attached hydrogens (tertiary/aromatic N) is 2. The first-order chi connectivity index (χ1) is 12.2. The predicted molar refractivity (Wildman–Crippen MR) is 106 cm³/mol. The van der Waals surface area contributed by atoms with Crippen LogP contribution in [0.15, 0.2) is 53.6 Å². The molecular weight excluding hydrogens is 354 g/mol. The van der Waals surface area contributed by atoms with E-state index < -0.39 is 0 Å². The molecule has 0 atom stereocenters. The maximum Gasteiger partial charge on any atom is 0.204 e. The molecule has 6 heteroatoms. The summed E-state index contributed by atoms with van der Waals surface area (Å²) >= 11 is 7.44. The molecule has 1 heterocycles. The molecule has 1 N–H and O–H groups in total. The highest BCUT2D eigenvalue weighted by Crippen LogP contribution is 2.31. The summed E-state index contributed by atoms with van der Waals surface area (Å²) in [6, 6.07) is 15.5. The molecule has 0 spiro atoms. The standard InChI is InChI=1S/C19H18ClN3OS/c1-3-24-17-10-6-15(7-11-17)18-13(2)25-19(22-18)23-21-12-14-4-8-16(20)9-5-14/h4-12H,3H2,1-2H3,(H,22,23)/b21-12-. The van der Waals surface area contributed by atoms with Crippen molar-refractivity contribution < 1.29 is 4.74 Å². The van der Waals surface area contributed by atoms with E-state index in [4.69, 9.17) is 16.3 Å². The smallest absolute Gasteiger partial charge is 0.204 e.